The summed E-state index contributed by atoms with van der Waals surface area (Å²) >= 11 is 1.15. The zero-order valence-corrected chi connectivity index (χ0v) is 11.3. The summed E-state index contributed by atoms with van der Waals surface area (Å²) in [5, 5.41) is 5.25. The summed E-state index contributed by atoms with van der Waals surface area (Å²) in [7, 11) is -3.55. The highest BCUT2D eigenvalue weighted by Gasteiger charge is 2.11. The number of hydrogen-bond donors (Lipinski definition) is 2. The normalized spacial score (nSPS) is 23.7. The van der Waals surface area contributed by atoms with Crippen LogP contribution in [0.25, 0.3) is 0 Å². The van der Waals surface area contributed by atoms with Crippen LogP contribution in [-0.2, 0) is 21.3 Å². The highest BCUT2D eigenvalue weighted by atomic mass is 79.9. The lowest BCUT2D eigenvalue weighted by atomic mass is 10.3. The third kappa shape index (κ3) is 2.55. The summed E-state index contributed by atoms with van der Waals surface area (Å²) in [6.07, 6.45) is 1.01. The second kappa shape index (κ2) is 4.46. The highest BCUT2D eigenvalue weighted by Crippen LogP contribution is 2.17. The Morgan fingerprint density at radius 2 is 2.24 bits per heavy atom. The Morgan fingerprint density at radius 3 is 2.88 bits per heavy atom. The molecule has 92 valence electrons. The van der Waals surface area contributed by atoms with Gasteiger partial charge in [-0.25, -0.2) is 14.3 Å². The monoisotopic (exact) mass is 339 g/mol. The number of nitrogens with two attached hydrogens (primary N) is 1. The molecule has 10 heteroatoms. The third-order valence-corrected chi connectivity index (χ3v) is 4.07. The van der Waals surface area contributed by atoms with E-state index in [1.54, 1.807) is 0 Å². The van der Waals surface area contributed by atoms with Crippen molar-refractivity contribution in [2.45, 2.75) is 0 Å². The largest absolute Gasteiger partial charge is 0.389 e. The van der Waals surface area contributed by atoms with E-state index in [1.165, 1.54) is 12.1 Å². The van der Waals surface area contributed by atoms with Crippen molar-refractivity contribution in [2.75, 3.05) is 0 Å². The van der Waals surface area contributed by atoms with Crippen LogP contribution in [0.5, 0.6) is 5.75 Å². The molecule has 3 N–H and O–H groups in total. The Kier molecular flexibility index (Phi) is 3.32. The number of rotatable bonds is 2. The van der Waals surface area contributed by atoms with Crippen LogP contribution < -0.4 is 14.7 Å². The van der Waals surface area contributed by atoms with Gasteiger partial charge in [0.05, 0.1) is 5.36 Å². The van der Waals surface area contributed by atoms with Crippen molar-refractivity contribution >= 4 is 43.5 Å². The summed E-state index contributed by atoms with van der Waals surface area (Å²) < 4.78 is 40.6. The second-order valence-electron chi connectivity index (χ2n) is 2.94. The van der Waals surface area contributed by atoms with Crippen molar-refractivity contribution in [1.82, 2.24) is 0 Å². The molecule has 1 aliphatic rings. The molecule has 0 amide bonds. The smallest absolute Gasteiger partial charge is 0.285 e. The Bertz CT molecular complexity index is 738. The van der Waals surface area contributed by atoms with Gasteiger partial charge >= 0.3 is 0 Å². The van der Waals surface area contributed by atoms with Gasteiger partial charge < -0.3 is 4.18 Å². The van der Waals surface area contributed by atoms with Gasteiger partial charge in [0.1, 0.15) is 16.6 Å². The van der Waals surface area contributed by atoms with Gasteiger partial charge in [-0.05, 0) is 22.0 Å². The molecule has 1 heterocycles. The van der Waals surface area contributed by atoms with Crippen LogP contribution in [-0.4, -0.2) is 19.3 Å². The standard InChI is InChI=1S/C7H6BrN3O4S2/c8-5-1-4(15-16(9)12)2-6-7(5)10-3-11-17(6,13)14/h1-3H,9H2,(H,10,11,13,14). The van der Waals surface area contributed by atoms with Gasteiger partial charge in [-0.3, -0.25) is 4.55 Å². The van der Waals surface area contributed by atoms with Crippen LogP contribution in [0.2, 0.25) is 0 Å². The van der Waals surface area contributed by atoms with Crippen LogP contribution in [0, 0.1) is 4.51 Å². The molecule has 0 spiro atoms. The molecule has 2 rings (SSSR count). The van der Waals surface area contributed by atoms with E-state index in [2.05, 4.69) is 25.3 Å². The predicted molar refractivity (Wildman–Crippen MR) is 66.4 cm³/mol. The molecule has 2 atom stereocenters. The zero-order valence-electron chi connectivity index (χ0n) is 8.07. The first kappa shape index (κ1) is 12.6. The Balaban J connectivity index is 2.84. The van der Waals surface area contributed by atoms with Gasteiger partial charge in [-0.1, -0.05) is 0 Å². The average Bonchev–Trinajstić information content (AvgIpc) is 2.18. The van der Waals surface area contributed by atoms with Crippen LogP contribution in [0.15, 0.2) is 26.0 Å². The number of hydrogen-bond acceptors (Lipinski definition) is 4. The van der Waals surface area contributed by atoms with Crippen molar-refractivity contribution in [3.8, 4) is 5.75 Å². The van der Waals surface area contributed by atoms with Crippen molar-refractivity contribution in [1.29, 1.82) is 0 Å². The maximum Gasteiger partial charge on any atom is 0.285 e. The van der Waals surface area contributed by atoms with Gasteiger partial charge in [0.25, 0.3) is 11.3 Å². The quantitative estimate of drug-likeness (QED) is 0.735. The first-order valence-electron chi connectivity index (χ1n) is 4.09. The maximum absolute atomic E-state index is 11.7. The summed E-state index contributed by atoms with van der Waals surface area (Å²) in [5.74, 6) is 0.0885. The minimum Gasteiger partial charge on any atom is -0.389 e. The average molecular weight is 340 g/mol. The fourth-order valence-corrected chi connectivity index (χ4v) is 3.15. The first-order chi connectivity index (χ1) is 7.90. The topological polar surface area (TPSA) is 114 Å². The van der Waals surface area contributed by atoms with Crippen molar-refractivity contribution in [2.24, 2.45) is 14.5 Å². The maximum atomic E-state index is 11.7. The summed E-state index contributed by atoms with van der Waals surface area (Å²) in [4.78, 5) is 3.87. The summed E-state index contributed by atoms with van der Waals surface area (Å²) in [6.45, 7) is 0. The molecule has 0 saturated heterocycles. The first-order valence-corrected chi connectivity index (χ1v) is 7.50. The molecular formula is C7H6BrN3O4S2. The minimum atomic E-state index is -3.55. The van der Waals surface area contributed by atoms with E-state index in [1.807, 2.05) is 0 Å². The Hall–Kier alpha value is -0.810. The van der Waals surface area contributed by atoms with E-state index in [0.717, 1.165) is 6.34 Å². The third-order valence-electron chi connectivity index (χ3n) is 1.84. The second-order valence-corrected chi connectivity index (χ2v) is 6.13. The van der Waals surface area contributed by atoms with Gasteiger partial charge in [-0.2, -0.15) is 8.61 Å². The van der Waals surface area contributed by atoms with E-state index in [4.69, 9.17) is 9.32 Å². The Morgan fingerprint density at radius 1 is 1.53 bits per heavy atom. The zero-order chi connectivity index (χ0) is 12.6. The lowest BCUT2D eigenvalue weighted by Gasteiger charge is -2.05. The molecule has 2 unspecified atom stereocenters. The van der Waals surface area contributed by atoms with Gasteiger partial charge in [-0.15, -0.1) is 0 Å². The SMILES string of the molecule is NS(=O)Oc1cc(Br)c2c(c1)=S(=O)(O)N=CN=2. The Labute approximate surface area is 107 Å². The van der Waals surface area contributed by atoms with Crippen LogP contribution in [0.4, 0.5) is 0 Å². The fraction of sp³-hybridized carbons (Fsp3) is 0. The lowest BCUT2D eigenvalue weighted by molar-refractivity contribution is 0.553. The minimum absolute atomic E-state index is 0.0187. The summed E-state index contributed by atoms with van der Waals surface area (Å²) in [5.41, 5.74) is 0. The molecule has 0 aromatic heterocycles. The molecule has 0 fully saturated rings. The molecular weight excluding hydrogens is 334 g/mol. The molecule has 0 saturated carbocycles. The van der Waals surface area contributed by atoms with E-state index < -0.39 is 21.3 Å². The van der Waals surface area contributed by atoms with Crippen LogP contribution >= 0.6 is 15.9 Å². The predicted octanol–water partition coefficient (Wildman–Crippen LogP) is -0.0499. The van der Waals surface area contributed by atoms with Crippen molar-refractivity contribution in [3.63, 3.8) is 0 Å². The van der Waals surface area contributed by atoms with E-state index in [-0.39, 0.29) is 15.6 Å². The molecule has 0 aliphatic carbocycles. The van der Waals surface area contributed by atoms with Gasteiger partial charge in [0.15, 0.2) is 9.99 Å². The van der Waals surface area contributed by atoms with Crippen molar-refractivity contribution < 1.29 is 17.2 Å². The van der Waals surface area contributed by atoms with E-state index >= 15 is 0 Å². The van der Waals surface area contributed by atoms with Crippen molar-refractivity contribution in [3.05, 3.63) is 26.5 Å². The van der Waals surface area contributed by atoms with E-state index in [9.17, 15) is 13.0 Å². The van der Waals surface area contributed by atoms with Crippen LogP contribution in [0.3, 0.4) is 0 Å². The molecule has 0 radical (unpaired) electrons. The van der Waals surface area contributed by atoms with Crippen LogP contribution in [0.1, 0.15) is 0 Å². The fourth-order valence-electron chi connectivity index (χ4n) is 1.22. The molecule has 1 aliphatic heterocycles. The number of fused-ring (bicyclic) bond motifs is 1. The molecule has 1 aromatic rings. The molecule has 7 nitrogen and oxygen atoms in total. The molecule has 17 heavy (non-hydrogen) atoms. The summed E-state index contributed by atoms with van der Waals surface area (Å²) in [6, 6.07) is 2.68. The van der Waals surface area contributed by atoms with Gasteiger partial charge in [0.2, 0.25) is 0 Å². The number of halogens is 1. The van der Waals surface area contributed by atoms with E-state index in [0.29, 0.717) is 4.47 Å². The number of benzene rings is 1. The van der Waals surface area contributed by atoms with Gasteiger partial charge in [0, 0.05) is 10.5 Å². The highest BCUT2D eigenvalue weighted by molar-refractivity contribution is 9.10. The lowest BCUT2D eigenvalue weighted by Crippen LogP contribution is -2.17. The molecule has 0 bridgehead atoms. The number of nitrogens with zero attached hydrogens (tertiary/aromatic N) is 2. The molecule has 1 aromatic carbocycles.